The molecule has 0 amide bonds. The quantitative estimate of drug-likeness (QED) is 0.729. The van der Waals surface area contributed by atoms with Crippen molar-refractivity contribution in [2.24, 2.45) is 0 Å². The van der Waals surface area contributed by atoms with Crippen LogP contribution in [0.5, 0.6) is 0 Å². The molecule has 0 aliphatic heterocycles. The van der Waals surface area contributed by atoms with Crippen molar-refractivity contribution < 1.29 is 8.42 Å². The lowest BCUT2D eigenvalue weighted by Gasteiger charge is -2.17. The van der Waals surface area contributed by atoms with Gasteiger partial charge in [-0.25, -0.2) is 17.8 Å². The molecule has 0 atom stereocenters. The Hall–Kier alpha value is -1.70. The molecule has 1 aromatic heterocycles. The van der Waals surface area contributed by atoms with E-state index < -0.39 is 10.0 Å². The van der Waals surface area contributed by atoms with Crippen LogP contribution >= 0.6 is 0 Å². The first-order chi connectivity index (χ1) is 11.7. The minimum absolute atomic E-state index is 0.462. The van der Waals surface area contributed by atoms with Gasteiger partial charge >= 0.3 is 0 Å². The number of benzene rings is 1. The highest BCUT2D eigenvalue weighted by Gasteiger charge is 2.15. The van der Waals surface area contributed by atoms with E-state index in [1.54, 1.807) is 0 Å². The standard InChI is InChI=1S/C18H28N4O2S/c1-14-9-6-7-10-18(14)22-16(3)17(15(2)20-22)13-21(4)12-8-11-19-25(5,23)24/h6-7,9-10,19H,8,11-13H2,1-5H3. The van der Waals surface area contributed by atoms with E-state index in [1.165, 1.54) is 17.4 Å². The molecule has 0 unspecified atom stereocenters. The Morgan fingerprint density at radius 2 is 1.88 bits per heavy atom. The first-order valence-electron chi connectivity index (χ1n) is 8.43. The Balaban J connectivity index is 2.04. The fourth-order valence-corrected chi connectivity index (χ4v) is 3.41. The molecule has 0 spiro atoms. The SMILES string of the molecule is Cc1ccccc1-n1nc(C)c(CN(C)CCCNS(C)(=O)=O)c1C. The number of nitrogens with zero attached hydrogens (tertiary/aromatic N) is 3. The highest BCUT2D eigenvalue weighted by atomic mass is 32.2. The van der Waals surface area contributed by atoms with E-state index >= 15 is 0 Å². The first kappa shape index (κ1) is 19.6. The van der Waals surface area contributed by atoms with Crippen molar-refractivity contribution in [2.45, 2.75) is 33.7 Å². The van der Waals surface area contributed by atoms with Crippen molar-refractivity contribution in [1.82, 2.24) is 19.4 Å². The maximum atomic E-state index is 11.1. The van der Waals surface area contributed by atoms with Crippen molar-refractivity contribution in [3.05, 3.63) is 46.8 Å². The monoisotopic (exact) mass is 364 g/mol. The molecular formula is C18H28N4O2S. The predicted octanol–water partition coefficient (Wildman–Crippen LogP) is 2.17. The minimum Gasteiger partial charge on any atom is -0.302 e. The Labute approximate surface area is 150 Å². The molecule has 0 aliphatic rings. The lowest BCUT2D eigenvalue weighted by molar-refractivity contribution is 0.321. The summed E-state index contributed by atoms with van der Waals surface area (Å²) in [6.45, 7) is 8.30. The number of nitrogens with one attached hydrogen (secondary N) is 1. The highest BCUT2D eigenvalue weighted by molar-refractivity contribution is 7.88. The summed E-state index contributed by atoms with van der Waals surface area (Å²) < 4.78 is 26.7. The van der Waals surface area contributed by atoms with E-state index in [1.807, 2.05) is 30.8 Å². The molecular weight excluding hydrogens is 336 g/mol. The zero-order valence-electron chi connectivity index (χ0n) is 15.7. The number of aryl methyl sites for hydroxylation is 2. The highest BCUT2D eigenvalue weighted by Crippen LogP contribution is 2.21. The van der Waals surface area contributed by atoms with Gasteiger partial charge in [-0.2, -0.15) is 5.10 Å². The molecule has 138 valence electrons. The Morgan fingerprint density at radius 1 is 1.20 bits per heavy atom. The predicted molar refractivity (Wildman–Crippen MR) is 102 cm³/mol. The molecule has 1 N–H and O–H groups in total. The molecule has 1 heterocycles. The van der Waals surface area contributed by atoms with E-state index in [4.69, 9.17) is 5.10 Å². The van der Waals surface area contributed by atoms with E-state index in [9.17, 15) is 8.42 Å². The van der Waals surface area contributed by atoms with Gasteiger partial charge in [0.1, 0.15) is 0 Å². The minimum atomic E-state index is -3.11. The lowest BCUT2D eigenvalue weighted by atomic mass is 10.1. The number of para-hydroxylation sites is 1. The van der Waals surface area contributed by atoms with Crippen molar-refractivity contribution >= 4 is 10.0 Å². The van der Waals surface area contributed by atoms with Gasteiger partial charge in [-0.3, -0.25) is 0 Å². The van der Waals surface area contributed by atoms with Gasteiger partial charge in [-0.1, -0.05) is 18.2 Å². The normalized spacial score (nSPS) is 12.1. The molecule has 0 bridgehead atoms. The largest absolute Gasteiger partial charge is 0.302 e. The second-order valence-electron chi connectivity index (χ2n) is 6.61. The summed E-state index contributed by atoms with van der Waals surface area (Å²) in [5.74, 6) is 0. The van der Waals surface area contributed by atoms with Gasteiger partial charge in [0.05, 0.1) is 17.6 Å². The van der Waals surface area contributed by atoms with E-state index in [0.717, 1.165) is 36.6 Å². The fourth-order valence-electron chi connectivity index (χ4n) is 2.89. The summed E-state index contributed by atoms with van der Waals surface area (Å²) in [7, 11) is -1.06. The van der Waals surface area contributed by atoms with Crippen molar-refractivity contribution in [3.63, 3.8) is 0 Å². The number of hydrogen-bond donors (Lipinski definition) is 1. The third-order valence-corrected chi connectivity index (χ3v) is 5.02. The van der Waals surface area contributed by atoms with Crippen LogP contribution in [0.25, 0.3) is 5.69 Å². The second-order valence-corrected chi connectivity index (χ2v) is 8.44. The van der Waals surface area contributed by atoms with Crippen LogP contribution in [0, 0.1) is 20.8 Å². The van der Waals surface area contributed by atoms with Crippen LogP contribution in [0.15, 0.2) is 24.3 Å². The van der Waals surface area contributed by atoms with Gasteiger partial charge in [-0.05, 0) is 52.4 Å². The zero-order chi connectivity index (χ0) is 18.6. The van der Waals surface area contributed by atoms with Crippen LogP contribution in [0.4, 0.5) is 0 Å². The first-order valence-corrected chi connectivity index (χ1v) is 10.3. The summed E-state index contributed by atoms with van der Waals surface area (Å²) >= 11 is 0. The molecule has 0 fully saturated rings. The molecule has 0 saturated carbocycles. The number of sulfonamides is 1. The van der Waals surface area contributed by atoms with Crippen LogP contribution in [0.1, 0.15) is 28.9 Å². The lowest BCUT2D eigenvalue weighted by Crippen LogP contribution is -2.27. The molecule has 0 saturated heterocycles. The number of aromatic nitrogens is 2. The molecule has 6 nitrogen and oxygen atoms in total. The Bertz CT molecular complexity index is 828. The van der Waals surface area contributed by atoms with Gasteiger partial charge in [0, 0.05) is 24.3 Å². The molecule has 0 aliphatic carbocycles. The summed E-state index contributed by atoms with van der Waals surface area (Å²) in [6, 6.07) is 8.23. The van der Waals surface area contributed by atoms with Gasteiger partial charge in [0.25, 0.3) is 0 Å². The second kappa shape index (κ2) is 8.12. The van der Waals surface area contributed by atoms with Crippen molar-refractivity contribution in [3.8, 4) is 5.69 Å². The average molecular weight is 365 g/mol. The van der Waals surface area contributed by atoms with Crippen molar-refractivity contribution in [1.29, 1.82) is 0 Å². The summed E-state index contributed by atoms with van der Waals surface area (Å²) in [5, 5.41) is 4.72. The number of rotatable bonds is 8. The van der Waals surface area contributed by atoms with Crippen LogP contribution in [0.3, 0.4) is 0 Å². The van der Waals surface area contributed by atoms with Gasteiger partial charge in [0.2, 0.25) is 10.0 Å². The van der Waals surface area contributed by atoms with Gasteiger partial charge < -0.3 is 4.90 Å². The Kier molecular flexibility index (Phi) is 6.37. The van der Waals surface area contributed by atoms with Crippen LogP contribution in [0.2, 0.25) is 0 Å². The molecule has 0 radical (unpaired) electrons. The van der Waals surface area contributed by atoms with Crippen LogP contribution in [-0.2, 0) is 16.6 Å². The summed E-state index contributed by atoms with van der Waals surface area (Å²) in [4.78, 5) is 2.20. The third kappa shape index (κ3) is 5.39. The fraction of sp³-hybridized carbons (Fsp3) is 0.500. The van der Waals surface area contributed by atoms with Crippen LogP contribution < -0.4 is 4.72 Å². The maximum absolute atomic E-state index is 11.1. The average Bonchev–Trinajstić information content (AvgIpc) is 2.79. The van der Waals surface area contributed by atoms with E-state index in [-0.39, 0.29) is 0 Å². The Morgan fingerprint density at radius 3 is 2.52 bits per heavy atom. The maximum Gasteiger partial charge on any atom is 0.208 e. The topological polar surface area (TPSA) is 67.2 Å². The zero-order valence-corrected chi connectivity index (χ0v) is 16.5. The summed E-state index contributed by atoms with van der Waals surface area (Å²) in [5.41, 5.74) is 5.70. The summed E-state index contributed by atoms with van der Waals surface area (Å²) in [6.07, 6.45) is 1.96. The molecule has 25 heavy (non-hydrogen) atoms. The van der Waals surface area contributed by atoms with Crippen LogP contribution in [-0.4, -0.2) is 49.5 Å². The van der Waals surface area contributed by atoms with Gasteiger partial charge in [-0.15, -0.1) is 0 Å². The molecule has 2 aromatic rings. The molecule has 7 heteroatoms. The molecule has 1 aromatic carbocycles. The van der Waals surface area contributed by atoms with Gasteiger partial charge in [0.15, 0.2) is 0 Å². The number of hydrogen-bond acceptors (Lipinski definition) is 4. The smallest absolute Gasteiger partial charge is 0.208 e. The van der Waals surface area contributed by atoms with E-state index in [0.29, 0.717) is 6.54 Å². The van der Waals surface area contributed by atoms with E-state index in [2.05, 4.69) is 35.6 Å². The third-order valence-electron chi connectivity index (χ3n) is 4.29. The molecule has 2 rings (SSSR count). The van der Waals surface area contributed by atoms with Crippen molar-refractivity contribution in [2.75, 3.05) is 26.4 Å².